The average molecular weight is 474 g/mol. The Morgan fingerprint density at radius 3 is 2.46 bits per heavy atom. The quantitative estimate of drug-likeness (QED) is 0.336. The second-order valence-corrected chi connectivity index (χ2v) is 8.21. The maximum Gasteiger partial charge on any atom is 0.295 e. The largest absolute Gasteiger partial charge is 0.490 e. The van der Waals surface area contributed by atoms with Gasteiger partial charge in [0, 0.05) is 5.69 Å². The standard InChI is InChI=1S/C28H24FNO5/c1-3-15-34-22-14-9-17(16-23(22)33-4-2)25-24-26(31)20-7-5-6-8-21(20)35-27(24)28(32)30(25)19-12-10-18(29)11-13-19/h5-14,16,25H,3-4,15H2,1-2H3. The molecule has 0 radical (unpaired) electrons. The number of para-hydroxylation sites is 1. The molecular weight excluding hydrogens is 449 g/mol. The van der Waals surface area contributed by atoms with Gasteiger partial charge in [0.05, 0.1) is 30.2 Å². The lowest BCUT2D eigenvalue weighted by molar-refractivity contribution is 0.0971. The molecule has 0 bridgehead atoms. The number of carbonyl (C=O) groups excluding carboxylic acids is 1. The second-order valence-electron chi connectivity index (χ2n) is 8.21. The van der Waals surface area contributed by atoms with Crippen molar-refractivity contribution in [1.82, 2.24) is 0 Å². The monoisotopic (exact) mass is 473 g/mol. The van der Waals surface area contributed by atoms with E-state index in [4.69, 9.17) is 13.9 Å². The summed E-state index contributed by atoms with van der Waals surface area (Å²) in [5, 5.41) is 0.387. The van der Waals surface area contributed by atoms with E-state index in [9.17, 15) is 14.0 Å². The zero-order chi connectivity index (χ0) is 24.5. The highest BCUT2D eigenvalue weighted by molar-refractivity contribution is 6.10. The van der Waals surface area contributed by atoms with Gasteiger partial charge < -0.3 is 13.9 Å². The molecule has 3 aromatic carbocycles. The lowest BCUT2D eigenvalue weighted by Gasteiger charge is -2.26. The minimum Gasteiger partial charge on any atom is -0.490 e. The van der Waals surface area contributed by atoms with Crippen LogP contribution in [-0.4, -0.2) is 19.1 Å². The first-order valence-electron chi connectivity index (χ1n) is 11.6. The highest BCUT2D eigenvalue weighted by Gasteiger charge is 2.44. The number of amides is 1. The van der Waals surface area contributed by atoms with Crippen molar-refractivity contribution < 1.29 is 23.1 Å². The summed E-state index contributed by atoms with van der Waals surface area (Å²) in [6.07, 6.45) is 0.838. The summed E-state index contributed by atoms with van der Waals surface area (Å²) >= 11 is 0. The van der Waals surface area contributed by atoms with Crippen LogP contribution in [0.3, 0.4) is 0 Å². The maximum atomic E-state index is 13.7. The number of fused-ring (bicyclic) bond motifs is 2. The summed E-state index contributed by atoms with van der Waals surface area (Å²) in [6, 6.07) is 17.0. The van der Waals surface area contributed by atoms with Gasteiger partial charge in [0.25, 0.3) is 5.91 Å². The summed E-state index contributed by atoms with van der Waals surface area (Å²) in [6.45, 7) is 4.83. The number of hydrogen-bond donors (Lipinski definition) is 0. The van der Waals surface area contributed by atoms with Crippen LogP contribution < -0.4 is 19.8 Å². The van der Waals surface area contributed by atoms with Crippen LogP contribution in [0.5, 0.6) is 11.5 Å². The van der Waals surface area contributed by atoms with E-state index >= 15 is 0 Å². The molecule has 0 aliphatic carbocycles. The summed E-state index contributed by atoms with van der Waals surface area (Å²) < 4.78 is 31.3. The molecular formula is C28H24FNO5. The molecule has 1 atom stereocenters. The number of rotatable bonds is 7. The number of anilines is 1. The van der Waals surface area contributed by atoms with Gasteiger partial charge in [0.1, 0.15) is 11.4 Å². The SMILES string of the molecule is CCCOc1ccc(C2c3c(oc4ccccc4c3=O)C(=O)N2c2ccc(F)cc2)cc1OCC. The molecule has 6 nitrogen and oxygen atoms in total. The van der Waals surface area contributed by atoms with Gasteiger partial charge in [-0.3, -0.25) is 14.5 Å². The molecule has 1 amide bonds. The Balaban J connectivity index is 1.74. The zero-order valence-corrected chi connectivity index (χ0v) is 19.4. The normalized spacial score (nSPS) is 14.9. The number of nitrogens with zero attached hydrogens (tertiary/aromatic N) is 1. The van der Waals surface area contributed by atoms with E-state index in [1.165, 1.54) is 29.2 Å². The van der Waals surface area contributed by atoms with Crippen molar-refractivity contribution in [2.75, 3.05) is 18.1 Å². The van der Waals surface area contributed by atoms with Crippen LogP contribution >= 0.6 is 0 Å². The van der Waals surface area contributed by atoms with Crippen LogP contribution in [0.2, 0.25) is 0 Å². The van der Waals surface area contributed by atoms with E-state index in [1.807, 2.05) is 19.9 Å². The Morgan fingerprint density at radius 1 is 0.943 bits per heavy atom. The van der Waals surface area contributed by atoms with Crippen molar-refractivity contribution in [3.05, 3.63) is 99.7 Å². The first-order chi connectivity index (χ1) is 17.0. The highest BCUT2D eigenvalue weighted by Crippen LogP contribution is 2.43. The van der Waals surface area contributed by atoms with Crippen LogP contribution in [0.25, 0.3) is 11.0 Å². The van der Waals surface area contributed by atoms with Gasteiger partial charge in [-0.2, -0.15) is 0 Å². The molecule has 4 aromatic rings. The first-order valence-corrected chi connectivity index (χ1v) is 11.6. The van der Waals surface area contributed by atoms with Gasteiger partial charge in [-0.05, 0) is 67.4 Å². The number of ether oxygens (including phenoxy) is 2. The van der Waals surface area contributed by atoms with Crippen molar-refractivity contribution in [3.63, 3.8) is 0 Å². The fourth-order valence-electron chi connectivity index (χ4n) is 4.40. The average Bonchev–Trinajstić information content (AvgIpc) is 3.16. The third kappa shape index (κ3) is 3.93. The third-order valence-electron chi connectivity index (χ3n) is 5.93. The summed E-state index contributed by atoms with van der Waals surface area (Å²) in [7, 11) is 0. The third-order valence-corrected chi connectivity index (χ3v) is 5.93. The molecule has 7 heteroatoms. The fraction of sp³-hybridized carbons (Fsp3) is 0.214. The minimum atomic E-state index is -0.789. The molecule has 2 heterocycles. The predicted molar refractivity (Wildman–Crippen MR) is 131 cm³/mol. The molecule has 0 fully saturated rings. The molecule has 0 saturated carbocycles. The second kappa shape index (κ2) is 9.25. The minimum absolute atomic E-state index is 0.0210. The molecule has 0 N–H and O–H groups in total. The molecule has 5 rings (SSSR count). The molecule has 0 spiro atoms. The molecule has 35 heavy (non-hydrogen) atoms. The molecule has 1 aliphatic rings. The van der Waals surface area contributed by atoms with E-state index in [-0.39, 0.29) is 16.8 Å². The Bertz CT molecular complexity index is 1460. The van der Waals surface area contributed by atoms with Crippen LogP contribution in [0.15, 0.2) is 75.9 Å². The summed E-state index contributed by atoms with van der Waals surface area (Å²) in [5.41, 5.74) is 1.39. The topological polar surface area (TPSA) is 69.0 Å². The van der Waals surface area contributed by atoms with Gasteiger partial charge in [-0.1, -0.05) is 25.1 Å². The number of hydrogen-bond acceptors (Lipinski definition) is 5. The fourth-order valence-corrected chi connectivity index (χ4v) is 4.40. The smallest absolute Gasteiger partial charge is 0.295 e. The molecule has 1 aliphatic heterocycles. The molecule has 1 unspecified atom stereocenters. The van der Waals surface area contributed by atoms with Crippen molar-refractivity contribution >= 4 is 22.6 Å². The first kappa shape index (κ1) is 22.7. The maximum absolute atomic E-state index is 13.7. The Hall–Kier alpha value is -4.13. The van der Waals surface area contributed by atoms with Gasteiger partial charge in [-0.15, -0.1) is 0 Å². The molecule has 178 valence electrons. The van der Waals surface area contributed by atoms with Gasteiger partial charge in [0.15, 0.2) is 16.9 Å². The van der Waals surface area contributed by atoms with Crippen LogP contribution in [0, 0.1) is 5.82 Å². The molecule has 1 aromatic heterocycles. The van der Waals surface area contributed by atoms with Crippen LogP contribution in [0.4, 0.5) is 10.1 Å². The number of carbonyl (C=O) groups is 1. The van der Waals surface area contributed by atoms with E-state index in [0.29, 0.717) is 46.9 Å². The van der Waals surface area contributed by atoms with E-state index in [2.05, 4.69) is 0 Å². The van der Waals surface area contributed by atoms with E-state index in [0.717, 1.165) is 6.42 Å². The van der Waals surface area contributed by atoms with Crippen molar-refractivity contribution in [2.24, 2.45) is 0 Å². The number of benzene rings is 3. The zero-order valence-electron chi connectivity index (χ0n) is 19.4. The van der Waals surface area contributed by atoms with Crippen molar-refractivity contribution in [2.45, 2.75) is 26.3 Å². The van der Waals surface area contributed by atoms with Crippen molar-refractivity contribution in [3.8, 4) is 11.5 Å². The predicted octanol–water partition coefficient (Wildman–Crippen LogP) is 5.87. The van der Waals surface area contributed by atoms with E-state index in [1.54, 1.807) is 36.4 Å². The lowest BCUT2D eigenvalue weighted by Crippen LogP contribution is -2.29. The van der Waals surface area contributed by atoms with Gasteiger partial charge in [-0.25, -0.2) is 4.39 Å². The Labute approximate surface area is 201 Å². The van der Waals surface area contributed by atoms with E-state index < -0.39 is 17.8 Å². The lowest BCUT2D eigenvalue weighted by atomic mass is 9.97. The number of halogens is 1. The molecule has 0 saturated heterocycles. The van der Waals surface area contributed by atoms with Crippen molar-refractivity contribution in [1.29, 1.82) is 0 Å². The van der Waals surface area contributed by atoms with Crippen LogP contribution in [-0.2, 0) is 0 Å². The Morgan fingerprint density at radius 2 is 1.71 bits per heavy atom. The van der Waals surface area contributed by atoms with Gasteiger partial charge >= 0.3 is 0 Å². The highest BCUT2D eigenvalue weighted by atomic mass is 19.1. The van der Waals surface area contributed by atoms with Crippen LogP contribution in [0.1, 0.15) is 48.0 Å². The Kier molecular flexibility index (Phi) is 5.99. The van der Waals surface area contributed by atoms with Gasteiger partial charge in [0.2, 0.25) is 5.76 Å². The summed E-state index contributed by atoms with van der Waals surface area (Å²) in [4.78, 5) is 28.7. The summed E-state index contributed by atoms with van der Waals surface area (Å²) in [5.74, 6) is 0.186.